The minimum atomic E-state index is 0.104. The number of ether oxygens (including phenoxy) is 2. The standard InChI is InChI=1S/C19H27N3O3/c23-19-20-8-12-22(19)11-7-15-5-9-21(10-6-15)13-16-14-24-17-3-1-2-4-18(17)25-16/h1-4,15-16H,5-14H2,(H,20,23). The van der Waals surface area contributed by atoms with E-state index in [9.17, 15) is 4.79 Å². The van der Waals surface area contributed by atoms with Gasteiger partial charge in [-0.05, 0) is 50.4 Å². The summed E-state index contributed by atoms with van der Waals surface area (Å²) in [5.74, 6) is 2.44. The first kappa shape index (κ1) is 16.5. The number of urea groups is 1. The highest BCUT2D eigenvalue weighted by Crippen LogP contribution is 2.31. The van der Waals surface area contributed by atoms with Gasteiger partial charge < -0.3 is 19.7 Å². The fourth-order valence-corrected chi connectivity index (χ4v) is 3.96. The molecule has 136 valence electrons. The van der Waals surface area contributed by atoms with E-state index in [0.717, 1.165) is 63.1 Å². The Hall–Kier alpha value is -1.95. The summed E-state index contributed by atoms with van der Waals surface area (Å²) in [4.78, 5) is 16.0. The summed E-state index contributed by atoms with van der Waals surface area (Å²) in [5.41, 5.74) is 0. The van der Waals surface area contributed by atoms with E-state index in [0.29, 0.717) is 6.61 Å². The lowest BCUT2D eigenvalue weighted by atomic mass is 9.93. The maximum absolute atomic E-state index is 11.6. The third-order valence-corrected chi connectivity index (χ3v) is 5.49. The van der Waals surface area contributed by atoms with Crippen LogP contribution in [0.2, 0.25) is 0 Å². The van der Waals surface area contributed by atoms with Crippen LogP contribution < -0.4 is 14.8 Å². The molecule has 2 amide bonds. The Morgan fingerprint density at radius 2 is 1.92 bits per heavy atom. The van der Waals surface area contributed by atoms with Crippen LogP contribution in [0.3, 0.4) is 0 Å². The molecule has 6 nitrogen and oxygen atoms in total. The van der Waals surface area contributed by atoms with Gasteiger partial charge in [-0.25, -0.2) is 4.79 Å². The van der Waals surface area contributed by atoms with E-state index in [4.69, 9.17) is 9.47 Å². The minimum absolute atomic E-state index is 0.104. The molecule has 2 saturated heterocycles. The molecular weight excluding hydrogens is 318 g/mol. The molecular formula is C19H27N3O3. The molecule has 0 aromatic heterocycles. The number of nitrogens with zero attached hydrogens (tertiary/aromatic N) is 2. The second-order valence-corrected chi connectivity index (χ2v) is 7.25. The predicted molar refractivity (Wildman–Crippen MR) is 95.1 cm³/mol. The third kappa shape index (κ3) is 4.00. The Balaban J connectivity index is 1.19. The van der Waals surface area contributed by atoms with Crippen molar-refractivity contribution < 1.29 is 14.3 Å². The van der Waals surface area contributed by atoms with Crippen LogP contribution in [0.4, 0.5) is 4.79 Å². The van der Waals surface area contributed by atoms with Gasteiger partial charge in [-0.3, -0.25) is 4.90 Å². The molecule has 2 fully saturated rings. The number of fused-ring (bicyclic) bond motifs is 1. The number of para-hydroxylation sites is 2. The lowest BCUT2D eigenvalue weighted by Crippen LogP contribution is -2.44. The van der Waals surface area contributed by atoms with Crippen LogP contribution in [0.1, 0.15) is 19.3 Å². The summed E-state index contributed by atoms with van der Waals surface area (Å²) < 4.78 is 11.9. The van der Waals surface area contributed by atoms with Gasteiger partial charge in [0.15, 0.2) is 11.5 Å². The van der Waals surface area contributed by atoms with Crippen molar-refractivity contribution in [1.29, 1.82) is 0 Å². The van der Waals surface area contributed by atoms with Crippen LogP contribution in [-0.4, -0.2) is 67.8 Å². The van der Waals surface area contributed by atoms with Crippen LogP contribution in [0.25, 0.3) is 0 Å². The largest absolute Gasteiger partial charge is 0.486 e. The van der Waals surface area contributed by atoms with Crippen molar-refractivity contribution in [3.8, 4) is 11.5 Å². The van der Waals surface area contributed by atoms with Crippen LogP contribution in [0, 0.1) is 5.92 Å². The van der Waals surface area contributed by atoms with Gasteiger partial charge in [0.2, 0.25) is 0 Å². The molecule has 0 saturated carbocycles. The fourth-order valence-electron chi connectivity index (χ4n) is 3.96. The first-order valence-electron chi connectivity index (χ1n) is 9.41. The molecule has 25 heavy (non-hydrogen) atoms. The number of piperidine rings is 1. The predicted octanol–water partition coefficient (Wildman–Crippen LogP) is 1.95. The molecule has 0 spiro atoms. The average Bonchev–Trinajstić information content (AvgIpc) is 3.06. The van der Waals surface area contributed by atoms with Crippen LogP contribution in [-0.2, 0) is 0 Å². The number of carbonyl (C=O) groups is 1. The molecule has 1 aromatic carbocycles. The average molecular weight is 345 g/mol. The molecule has 1 N–H and O–H groups in total. The Labute approximate surface area is 149 Å². The summed E-state index contributed by atoms with van der Waals surface area (Å²) in [6.07, 6.45) is 3.65. The smallest absolute Gasteiger partial charge is 0.317 e. The Kier molecular flexibility index (Phi) is 4.97. The molecule has 0 aliphatic carbocycles. The summed E-state index contributed by atoms with van der Waals surface area (Å²) in [6, 6.07) is 7.99. The summed E-state index contributed by atoms with van der Waals surface area (Å²) in [6.45, 7) is 6.32. The molecule has 3 aliphatic rings. The number of nitrogens with one attached hydrogen (secondary N) is 1. The van der Waals surface area contributed by atoms with Crippen molar-refractivity contribution in [3.05, 3.63) is 24.3 Å². The molecule has 3 heterocycles. The van der Waals surface area contributed by atoms with Crippen molar-refractivity contribution >= 4 is 6.03 Å². The zero-order chi connectivity index (χ0) is 17.1. The minimum Gasteiger partial charge on any atom is -0.486 e. The number of amides is 2. The van der Waals surface area contributed by atoms with Crippen LogP contribution in [0.15, 0.2) is 24.3 Å². The van der Waals surface area contributed by atoms with Gasteiger partial charge >= 0.3 is 6.03 Å². The van der Waals surface area contributed by atoms with Crippen molar-refractivity contribution in [3.63, 3.8) is 0 Å². The molecule has 0 radical (unpaired) electrons. The molecule has 3 aliphatic heterocycles. The fraction of sp³-hybridized carbons (Fsp3) is 0.632. The highest BCUT2D eigenvalue weighted by Gasteiger charge is 2.27. The van der Waals surface area contributed by atoms with Crippen molar-refractivity contribution in [1.82, 2.24) is 15.1 Å². The summed E-state index contributed by atoms with van der Waals surface area (Å²) in [5, 5.41) is 2.87. The van der Waals surface area contributed by atoms with E-state index in [1.165, 1.54) is 12.8 Å². The highest BCUT2D eigenvalue weighted by molar-refractivity contribution is 5.76. The molecule has 6 heteroatoms. The quantitative estimate of drug-likeness (QED) is 0.886. The Bertz CT molecular complexity index is 601. The van der Waals surface area contributed by atoms with E-state index in [1.54, 1.807) is 0 Å². The van der Waals surface area contributed by atoms with Crippen molar-refractivity contribution in [2.75, 3.05) is 45.9 Å². The normalized spacial score (nSPS) is 24.4. The first-order valence-corrected chi connectivity index (χ1v) is 9.41. The maximum atomic E-state index is 11.6. The van der Waals surface area contributed by atoms with Gasteiger partial charge in [0.1, 0.15) is 12.7 Å². The zero-order valence-corrected chi connectivity index (χ0v) is 14.7. The SMILES string of the molecule is O=C1NCCN1CCC1CCN(CC2COc3ccccc3O2)CC1. The lowest BCUT2D eigenvalue weighted by molar-refractivity contribution is 0.0468. The van der Waals surface area contributed by atoms with E-state index in [1.807, 2.05) is 29.2 Å². The number of carbonyl (C=O) groups excluding carboxylic acids is 1. The van der Waals surface area contributed by atoms with E-state index in [2.05, 4.69) is 10.2 Å². The Morgan fingerprint density at radius 3 is 2.68 bits per heavy atom. The van der Waals surface area contributed by atoms with E-state index < -0.39 is 0 Å². The van der Waals surface area contributed by atoms with Gasteiger partial charge in [0.05, 0.1) is 0 Å². The molecule has 4 rings (SSSR count). The van der Waals surface area contributed by atoms with Gasteiger partial charge in [0, 0.05) is 26.2 Å². The summed E-state index contributed by atoms with van der Waals surface area (Å²) >= 11 is 0. The Morgan fingerprint density at radius 1 is 1.12 bits per heavy atom. The van der Waals surface area contributed by atoms with E-state index in [-0.39, 0.29) is 12.1 Å². The highest BCUT2D eigenvalue weighted by atomic mass is 16.6. The second-order valence-electron chi connectivity index (χ2n) is 7.25. The molecule has 1 atom stereocenters. The molecule has 1 aromatic rings. The van der Waals surface area contributed by atoms with Crippen LogP contribution in [0.5, 0.6) is 11.5 Å². The van der Waals surface area contributed by atoms with Crippen molar-refractivity contribution in [2.24, 2.45) is 5.92 Å². The number of rotatable bonds is 5. The molecule has 1 unspecified atom stereocenters. The number of benzene rings is 1. The number of likely N-dealkylation sites (tertiary alicyclic amines) is 1. The van der Waals surface area contributed by atoms with E-state index >= 15 is 0 Å². The topological polar surface area (TPSA) is 54.0 Å². The van der Waals surface area contributed by atoms with Gasteiger partial charge in [-0.2, -0.15) is 0 Å². The lowest BCUT2D eigenvalue weighted by Gasteiger charge is -2.36. The first-order chi connectivity index (χ1) is 12.3. The van der Waals surface area contributed by atoms with Crippen LogP contribution >= 0.6 is 0 Å². The molecule has 0 bridgehead atoms. The maximum Gasteiger partial charge on any atom is 0.317 e. The summed E-state index contributed by atoms with van der Waals surface area (Å²) in [7, 11) is 0. The van der Waals surface area contributed by atoms with Gasteiger partial charge in [-0.1, -0.05) is 12.1 Å². The second kappa shape index (κ2) is 7.52. The third-order valence-electron chi connectivity index (χ3n) is 5.49. The number of hydrogen-bond acceptors (Lipinski definition) is 4. The van der Waals surface area contributed by atoms with Crippen molar-refractivity contribution in [2.45, 2.75) is 25.4 Å². The zero-order valence-electron chi connectivity index (χ0n) is 14.7. The van der Waals surface area contributed by atoms with Gasteiger partial charge in [-0.15, -0.1) is 0 Å². The monoisotopic (exact) mass is 345 g/mol. The number of hydrogen-bond donors (Lipinski definition) is 1. The van der Waals surface area contributed by atoms with Gasteiger partial charge in [0.25, 0.3) is 0 Å².